The third-order valence-corrected chi connectivity index (χ3v) is 4.15. The summed E-state index contributed by atoms with van der Waals surface area (Å²) in [5, 5.41) is 8.37. The minimum Gasteiger partial charge on any atom is -0.364 e. The zero-order chi connectivity index (χ0) is 16.2. The van der Waals surface area contributed by atoms with Crippen LogP contribution in [0, 0.1) is 0 Å². The third kappa shape index (κ3) is 3.42. The normalized spacial score (nSPS) is 15.3. The van der Waals surface area contributed by atoms with E-state index in [1.165, 1.54) is 0 Å². The Bertz CT molecular complexity index is 668. The number of fused-ring (bicyclic) bond motifs is 1. The van der Waals surface area contributed by atoms with Gasteiger partial charge < -0.3 is 14.2 Å². The van der Waals surface area contributed by atoms with Crippen molar-refractivity contribution in [3.63, 3.8) is 0 Å². The highest BCUT2D eigenvalue weighted by Gasteiger charge is 2.27. The summed E-state index contributed by atoms with van der Waals surface area (Å²) in [5.41, 5.74) is 1.07. The summed E-state index contributed by atoms with van der Waals surface area (Å²) >= 11 is 0. The van der Waals surface area contributed by atoms with Gasteiger partial charge in [-0.1, -0.05) is 37.3 Å². The quantitative estimate of drug-likeness (QED) is 0.844. The van der Waals surface area contributed by atoms with E-state index in [0.29, 0.717) is 19.7 Å². The van der Waals surface area contributed by atoms with Crippen LogP contribution in [0.3, 0.4) is 0 Å². The lowest BCUT2D eigenvalue weighted by Gasteiger charge is -2.29. The number of ether oxygens (including phenoxy) is 1. The van der Waals surface area contributed by atoms with Crippen molar-refractivity contribution in [3.05, 3.63) is 47.5 Å². The number of aryl methyl sites for hydroxylation is 1. The first-order valence-electron chi connectivity index (χ1n) is 8.04. The smallest absolute Gasteiger partial charge is 0.251 e. The number of nitrogens with zero attached hydrogens (tertiary/aromatic N) is 4. The molecule has 3 rings (SSSR count). The minimum absolute atomic E-state index is 0.00762. The summed E-state index contributed by atoms with van der Waals surface area (Å²) < 4.78 is 7.83. The molecule has 2 aromatic rings. The topological polar surface area (TPSA) is 60.2 Å². The molecule has 0 spiro atoms. The monoisotopic (exact) mass is 314 g/mol. The Morgan fingerprint density at radius 3 is 2.78 bits per heavy atom. The largest absolute Gasteiger partial charge is 0.364 e. The van der Waals surface area contributed by atoms with Gasteiger partial charge in [0.1, 0.15) is 11.9 Å². The van der Waals surface area contributed by atoms with Crippen molar-refractivity contribution in [1.29, 1.82) is 0 Å². The number of carbonyl (C=O) groups is 1. The second-order valence-corrected chi connectivity index (χ2v) is 5.74. The van der Waals surface area contributed by atoms with E-state index in [9.17, 15) is 4.79 Å². The molecule has 1 atom stereocenters. The second kappa shape index (κ2) is 6.91. The van der Waals surface area contributed by atoms with E-state index in [-0.39, 0.29) is 5.91 Å². The van der Waals surface area contributed by atoms with Crippen LogP contribution >= 0.6 is 0 Å². The molecule has 0 aliphatic carbocycles. The standard InChI is InChI=1S/C17H22N4O2/c1-3-15-18-19-16-11-20(9-10-21(15)16)17(22)13(2)23-12-14-7-5-4-6-8-14/h4-8,13H,3,9-12H2,1-2H3. The van der Waals surface area contributed by atoms with Crippen molar-refractivity contribution in [2.75, 3.05) is 6.54 Å². The van der Waals surface area contributed by atoms with Crippen LogP contribution in [0.1, 0.15) is 31.1 Å². The van der Waals surface area contributed by atoms with Crippen molar-refractivity contribution >= 4 is 5.91 Å². The van der Waals surface area contributed by atoms with E-state index in [1.54, 1.807) is 4.90 Å². The molecule has 122 valence electrons. The van der Waals surface area contributed by atoms with Crippen molar-refractivity contribution in [2.24, 2.45) is 0 Å². The predicted molar refractivity (Wildman–Crippen MR) is 85.5 cm³/mol. The Labute approximate surface area is 136 Å². The fourth-order valence-corrected chi connectivity index (χ4v) is 2.79. The maximum absolute atomic E-state index is 12.5. The molecule has 0 saturated carbocycles. The van der Waals surface area contributed by atoms with Gasteiger partial charge in [-0.2, -0.15) is 0 Å². The second-order valence-electron chi connectivity index (χ2n) is 5.74. The van der Waals surface area contributed by atoms with E-state index in [1.807, 2.05) is 37.3 Å². The van der Waals surface area contributed by atoms with E-state index in [2.05, 4.69) is 21.7 Å². The van der Waals surface area contributed by atoms with Crippen LogP contribution in [0.4, 0.5) is 0 Å². The molecule has 0 saturated heterocycles. The van der Waals surface area contributed by atoms with Gasteiger partial charge in [0.25, 0.3) is 5.91 Å². The molecule has 0 fully saturated rings. The molecule has 1 aliphatic rings. The summed E-state index contributed by atoms with van der Waals surface area (Å²) in [4.78, 5) is 14.4. The van der Waals surface area contributed by atoms with Crippen molar-refractivity contribution in [1.82, 2.24) is 19.7 Å². The SMILES string of the molecule is CCc1nnc2n1CCN(C(=O)C(C)OCc1ccccc1)C2. The van der Waals surface area contributed by atoms with Gasteiger partial charge in [0.15, 0.2) is 5.82 Å². The van der Waals surface area contributed by atoms with Gasteiger partial charge in [0, 0.05) is 19.5 Å². The van der Waals surface area contributed by atoms with E-state index < -0.39 is 6.10 Å². The van der Waals surface area contributed by atoms with Gasteiger partial charge in [-0.05, 0) is 12.5 Å². The molecule has 23 heavy (non-hydrogen) atoms. The summed E-state index contributed by atoms with van der Waals surface area (Å²) in [6.45, 7) is 6.25. The average Bonchev–Trinajstić information content (AvgIpc) is 3.02. The molecule has 1 amide bonds. The number of amides is 1. The molecule has 1 aromatic heterocycles. The average molecular weight is 314 g/mol. The molecule has 1 unspecified atom stereocenters. The molecule has 0 bridgehead atoms. The number of hydrogen-bond acceptors (Lipinski definition) is 4. The Kier molecular flexibility index (Phi) is 4.71. The van der Waals surface area contributed by atoms with Crippen molar-refractivity contribution in [2.45, 2.75) is 46.1 Å². The fraction of sp³-hybridized carbons (Fsp3) is 0.471. The molecule has 6 nitrogen and oxygen atoms in total. The third-order valence-electron chi connectivity index (χ3n) is 4.15. The van der Waals surface area contributed by atoms with E-state index in [4.69, 9.17) is 4.74 Å². The van der Waals surface area contributed by atoms with E-state index in [0.717, 1.165) is 30.2 Å². The van der Waals surface area contributed by atoms with Crippen LogP contribution in [-0.4, -0.2) is 38.2 Å². The zero-order valence-corrected chi connectivity index (χ0v) is 13.6. The minimum atomic E-state index is -0.463. The lowest BCUT2D eigenvalue weighted by molar-refractivity contribution is -0.145. The zero-order valence-electron chi connectivity index (χ0n) is 13.6. The number of hydrogen-bond donors (Lipinski definition) is 0. The van der Waals surface area contributed by atoms with Gasteiger partial charge in [-0.25, -0.2) is 0 Å². The Morgan fingerprint density at radius 1 is 1.26 bits per heavy atom. The van der Waals surface area contributed by atoms with Crippen LogP contribution < -0.4 is 0 Å². The van der Waals surface area contributed by atoms with Crippen LogP contribution in [0.5, 0.6) is 0 Å². The lowest BCUT2D eigenvalue weighted by Crippen LogP contribution is -2.43. The Morgan fingerprint density at radius 2 is 2.04 bits per heavy atom. The molecule has 1 aliphatic heterocycles. The first-order valence-corrected chi connectivity index (χ1v) is 8.04. The molecule has 6 heteroatoms. The maximum atomic E-state index is 12.5. The van der Waals surface area contributed by atoms with Crippen LogP contribution in [0.2, 0.25) is 0 Å². The summed E-state index contributed by atoms with van der Waals surface area (Å²) in [5.74, 6) is 1.85. The Balaban J connectivity index is 1.58. The highest BCUT2D eigenvalue weighted by Crippen LogP contribution is 2.15. The fourth-order valence-electron chi connectivity index (χ4n) is 2.79. The molecule has 0 N–H and O–H groups in total. The number of rotatable bonds is 5. The van der Waals surface area contributed by atoms with E-state index >= 15 is 0 Å². The summed E-state index contributed by atoms with van der Waals surface area (Å²) in [6, 6.07) is 9.88. The predicted octanol–water partition coefficient (Wildman–Crippen LogP) is 1.79. The van der Waals surface area contributed by atoms with Gasteiger partial charge in [0.2, 0.25) is 0 Å². The van der Waals surface area contributed by atoms with Crippen LogP contribution in [0.25, 0.3) is 0 Å². The number of carbonyl (C=O) groups excluding carboxylic acids is 1. The summed E-state index contributed by atoms with van der Waals surface area (Å²) in [6.07, 6.45) is 0.396. The highest BCUT2D eigenvalue weighted by atomic mass is 16.5. The van der Waals surface area contributed by atoms with Crippen molar-refractivity contribution in [3.8, 4) is 0 Å². The van der Waals surface area contributed by atoms with Crippen LogP contribution in [0.15, 0.2) is 30.3 Å². The Hall–Kier alpha value is -2.21. The first-order chi connectivity index (χ1) is 11.2. The number of aromatic nitrogens is 3. The molecule has 1 aromatic carbocycles. The van der Waals surface area contributed by atoms with Gasteiger partial charge in [-0.3, -0.25) is 4.79 Å². The molecular formula is C17H22N4O2. The van der Waals surface area contributed by atoms with Crippen LogP contribution in [-0.2, 0) is 35.6 Å². The molecule has 2 heterocycles. The first kappa shape index (κ1) is 15.7. The molecule has 0 radical (unpaired) electrons. The van der Waals surface area contributed by atoms with Gasteiger partial charge >= 0.3 is 0 Å². The maximum Gasteiger partial charge on any atom is 0.251 e. The number of benzene rings is 1. The highest BCUT2D eigenvalue weighted by molar-refractivity contribution is 5.80. The van der Waals surface area contributed by atoms with Gasteiger partial charge in [-0.15, -0.1) is 10.2 Å². The molecular weight excluding hydrogens is 292 g/mol. The van der Waals surface area contributed by atoms with Gasteiger partial charge in [0.05, 0.1) is 13.2 Å². The van der Waals surface area contributed by atoms with Crippen molar-refractivity contribution < 1.29 is 9.53 Å². The summed E-state index contributed by atoms with van der Waals surface area (Å²) in [7, 11) is 0. The lowest BCUT2D eigenvalue weighted by atomic mass is 10.2.